The van der Waals surface area contributed by atoms with E-state index in [-0.39, 0.29) is 5.56 Å². The average Bonchev–Trinajstić information content (AvgIpc) is 3.05. The van der Waals surface area contributed by atoms with Gasteiger partial charge in [0.15, 0.2) is 0 Å². The third-order valence-corrected chi connectivity index (χ3v) is 6.55. The van der Waals surface area contributed by atoms with Crippen LogP contribution in [-0.4, -0.2) is 65.9 Å². The van der Waals surface area contributed by atoms with Crippen LogP contribution < -0.4 is 15.2 Å². The number of ether oxygens (including phenoxy) is 2. The molecule has 3 aliphatic rings. The van der Waals surface area contributed by atoms with Gasteiger partial charge in [-0.1, -0.05) is 6.07 Å². The molecule has 0 saturated carbocycles. The van der Waals surface area contributed by atoms with Gasteiger partial charge in [0.25, 0.3) is 5.56 Å². The first-order chi connectivity index (χ1) is 14.7. The summed E-state index contributed by atoms with van der Waals surface area (Å²) in [5.74, 6) is 2.26. The van der Waals surface area contributed by atoms with Crippen LogP contribution in [0.2, 0.25) is 0 Å². The van der Waals surface area contributed by atoms with Gasteiger partial charge in [0, 0.05) is 69.1 Å². The zero-order chi connectivity index (χ0) is 20.5. The van der Waals surface area contributed by atoms with E-state index in [1.165, 1.54) is 0 Å². The van der Waals surface area contributed by atoms with E-state index in [4.69, 9.17) is 9.47 Å². The quantitative estimate of drug-likeness (QED) is 0.755. The summed E-state index contributed by atoms with van der Waals surface area (Å²) in [5.41, 5.74) is 2.24. The van der Waals surface area contributed by atoms with Gasteiger partial charge in [-0.2, -0.15) is 0 Å². The number of fused-ring (bicyclic) bond motifs is 4. The Morgan fingerprint density at radius 2 is 2.10 bits per heavy atom. The second-order valence-corrected chi connectivity index (χ2v) is 8.56. The average molecular weight is 412 g/mol. The molecule has 2 fully saturated rings. The molecule has 30 heavy (non-hydrogen) atoms. The Hall–Kier alpha value is -2.45. The molecule has 0 aliphatic carbocycles. The number of methoxy groups -OCH3 is 1. The molecule has 2 aromatic rings. The molecule has 160 valence electrons. The van der Waals surface area contributed by atoms with Crippen molar-refractivity contribution in [1.29, 1.82) is 0 Å². The lowest BCUT2D eigenvalue weighted by Crippen LogP contribution is -2.48. The van der Waals surface area contributed by atoms with Crippen LogP contribution in [0.1, 0.15) is 30.0 Å². The van der Waals surface area contributed by atoms with Crippen molar-refractivity contribution in [2.45, 2.75) is 31.8 Å². The van der Waals surface area contributed by atoms with Gasteiger partial charge in [-0.05, 0) is 24.8 Å². The van der Waals surface area contributed by atoms with Crippen LogP contribution in [0.5, 0.6) is 5.88 Å². The van der Waals surface area contributed by atoms with Crippen LogP contribution in [0.3, 0.4) is 0 Å². The van der Waals surface area contributed by atoms with Crippen LogP contribution in [0.4, 0.5) is 5.82 Å². The Balaban J connectivity index is 1.37. The standard InChI is InChI=1S/C22H29N5O3/c1-29-21-10-20(23-15-24-21)26-11-16-9-18(14-26)19-4-3-17(22(28)27(19)12-16)13-25-5-2-7-30-8-6-25/h3-4,10,15-16,18H,2,5-9,11-14H2,1H3/t16-,18+/m0/s1. The van der Waals surface area contributed by atoms with Crippen molar-refractivity contribution >= 4 is 5.82 Å². The summed E-state index contributed by atoms with van der Waals surface area (Å²) in [6, 6.07) is 6.12. The maximum Gasteiger partial charge on any atom is 0.255 e. The number of aromatic nitrogens is 3. The summed E-state index contributed by atoms with van der Waals surface area (Å²) >= 11 is 0. The Morgan fingerprint density at radius 1 is 1.17 bits per heavy atom. The van der Waals surface area contributed by atoms with Crippen molar-refractivity contribution in [2.24, 2.45) is 5.92 Å². The Morgan fingerprint density at radius 3 is 3.00 bits per heavy atom. The number of piperidine rings is 1. The van der Waals surface area contributed by atoms with Crippen molar-refractivity contribution in [1.82, 2.24) is 19.4 Å². The van der Waals surface area contributed by atoms with Crippen molar-refractivity contribution in [3.8, 4) is 5.88 Å². The van der Waals surface area contributed by atoms with Gasteiger partial charge >= 0.3 is 0 Å². The Kier molecular flexibility index (Phi) is 5.43. The molecule has 2 aromatic heterocycles. The maximum atomic E-state index is 13.3. The normalized spacial score (nSPS) is 24.2. The highest BCUT2D eigenvalue weighted by molar-refractivity contribution is 5.43. The molecule has 2 saturated heterocycles. The van der Waals surface area contributed by atoms with Gasteiger partial charge in [0.2, 0.25) is 5.88 Å². The molecular formula is C22H29N5O3. The predicted octanol–water partition coefficient (Wildman–Crippen LogP) is 1.49. The van der Waals surface area contributed by atoms with Gasteiger partial charge in [-0.15, -0.1) is 0 Å². The largest absolute Gasteiger partial charge is 0.481 e. The fraction of sp³-hybridized carbons (Fsp3) is 0.591. The molecule has 0 aromatic carbocycles. The van der Waals surface area contributed by atoms with Crippen molar-refractivity contribution < 1.29 is 9.47 Å². The number of hydrogen-bond acceptors (Lipinski definition) is 7. The molecular weight excluding hydrogens is 382 g/mol. The smallest absolute Gasteiger partial charge is 0.255 e. The minimum Gasteiger partial charge on any atom is -0.481 e. The molecule has 8 nitrogen and oxygen atoms in total. The number of anilines is 1. The molecule has 0 amide bonds. The first-order valence-electron chi connectivity index (χ1n) is 10.8. The highest BCUT2D eigenvalue weighted by atomic mass is 16.5. The summed E-state index contributed by atoms with van der Waals surface area (Å²) in [4.78, 5) is 26.5. The second kappa shape index (κ2) is 8.35. The Labute approximate surface area is 176 Å². The van der Waals surface area contributed by atoms with E-state index >= 15 is 0 Å². The molecule has 2 atom stereocenters. The summed E-state index contributed by atoms with van der Waals surface area (Å²) in [6.07, 6.45) is 3.71. The second-order valence-electron chi connectivity index (χ2n) is 8.56. The fourth-order valence-electron chi connectivity index (χ4n) is 5.11. The van der Waals surface area contributed by atoms with Gasteiger partial charge in [0.1, 0.15) is 12.1 Å². The van der Waals surface area contributed by atoms with Crippen LogP contribution in [0.15, 0.2) is 29.3 Å². The van der Waals surface area contributed by atoms with Gasteiger partial charge in [-0.3, -0.25) is 9.69 Å². The first kappa shape index (κ1) is 19.5. The molecule has 5 heterocycles. The van der Waals surface area contributed by atoms with E-state index in [0.717, 1.165) is 75.9 Å². The molecule has 0 radical (unpaired) electrons. The van der Waals surface area contributed by atoms with E-state index in [1.54, 1.807) is 13.4 Å². The van der Waals surface area contributed by atoms with E-state index < -0.39 is 0 Å². The number of pyridine rings is 1. The lowest BCUT2D eigenvalue weighted by atomic mass is 9.83. The molecule has 0 unspecified atom stereocenters. The lowest BCUT2D eigenvalue weighted by Gasteiger charge is -2.43. The lowest BCUT2D eigenvalue weighted by molar-refractivity contribution is 0.140. The zero-order valence-corrected chi connectivity index (χ0v) is 17.5. The van der Waals surface area contributed by atoms with Crippen LogP contribution in [-0.2, 0) is 17.8 Å². The van der Waals surface area contributed by atoms with Crippen molar-refractivity contribution in [2.75, 3.05) is 51.4 Å². The number of hydrogen-bond donors (Lipinski definition) is 0. The van der Waals surface area contributed by atoms with Crippen LogP contribution in [0, 0.1) is 5.92 Å². The SMILES string of the molecule is COc1cc(N2C[C@@H]3C[C@H](C2)c2ccc(CN4CCCOCC4)c(=O)n2C3)ncn1. The Bertz CT molecular complexity index is 954. The highest BCUT2D eigenvalue weighted by Crippen LogP contribution is 2.37. The first-order valence-corrected chi connectivity index (χ1v) is 10.8. The van der Waals surface area contributed by atoms with E-state index in [0.29, 0.717) is 24.3 Å². The number of nitrogens with zero attached hydrogens (tertiary/aromatic N) is 5. The summed E-state index contributed by atoms with van der Waals surface area (Å²) in [7, 11) is 1.62. The summed E-state index contributed by atoms with van der Waals surface area (Å²) in [6.45, 7) is 6.70. The van der Waals surface area contributed by atoms with E-state index in [2.05, 4.69) is 25.8 Å². The third-order valence-electron chi connectivity index (χ3n) is 6.55. The summed E-state index contributed by atoms with van der Waals surface area (Å²) < 4.78 is 12.9. The fourth-order valence-corrected chi connectivity index (χ4v) is 5.11. The molecule has 2 bridgehead atoms. The van der Waals surface area contributed by atoms with Crippen molar-refractivity contribution in [3.05, 3.63) is 46.1 Å². The minimum atomic E-state index is 0.185. The van der Waals surface area contributed by atoms with Gasteiger partial charge < -0.3 is 18.9 Å². The third kappa shape index (κ3) is 3.81. The van der Waals surface area contributed by atoms with Crippen LogP contribution in [0.25, 0.3) is 0 Å². The van der Waals surface area contributed by atoms with E-state index in [1.807, 2.05) is 16.7 Å². The van der Waals surface area contributed by atoms with Crippen LogP contribution >= 0.6 is 0 Å². The predicted molar refractivity (Wildman–Crippen MR) is 113 cm³/mol. The van der Waals surface area contributed by atoms with Gasteiger partial charge in [-0.25, -0.2) is 9.97 Å². The maximum absolute atomic E-state index is 13.3. The number of rotatable bonds is 4. The monoisotopic (exact) mass is 411 g/mol. The summed E-state index contributed by atoms with van der Waals surface area (Å²) in [5, 5.41) is 0. The van der Waals surface area contributed by atoms with Crippen molar-refractivity contribution in [3.63, 3.8) is 0 Å². The van der Waals surface area contributed by atoms with E-state index in [9.17, 15) is 4.79 Å². The molecule has 0 spiro atoms. The van der Waals surface area contributed by atoms with Gasteiger partial charge in [0.05, 0.1) is 13.7 Å². The molecule has 0 N–H and O–H groups in total. The zero-order valence-electron chi connectivity index (χ0n) is 17.5. The molecule has 3 aliphatic heterocycles. The topological polar surface area (TPSA) is 72.7 Å². The minimum absolute atomic E-state index is 0.185. The highest BCUT2D eigenvalue weighted by Gasteiger charge is 2.35. The molecule has 5 rings (SSSR count). The molecule has 8 heteroatoms.